The summed E-state index contributed by atoms with van der Waals surface area (Å²) in [5.74, 6) is 0.764. The molecule has 0 saturated heterocycles. The molecule has 104 valence electrons. The summed E-state index contributed by atoms with van der Waals surface area (Å²) in [6.07, 6.45) is 10.3. The molecule has 0 heterocycles. The smallest absolute Gasteiger partial charge is 0.136 e. The van der Waals surface area contributed by atoms with Gasteiger partial charge in [-0.3, -0.25) is 4.79 Å². The fourth-order valence-electron chi connectivity index (χ4n) is 3.07. The van der Waals surface area contributed by atoms with Crippen molar-refractivity contribution in [2.24, 2.45) is 5.92 Å². The molecule has 0 radical (unpaired) electrons. The predicted molar refractivity (Wildman–Crippen MR) is 80.3 cm³/mol. The Morgan fingerprint density at radius 2 is 1.58 bits per heavy atom. The van der Waals surface area contributed by atoms with Crippen LogP contribution in [0.1, 0.15) is 63.0 Å². The van der Waals surface area contributed by atoms with Gasteiger partial charge < -0.3 is 0 Å². The Balaban J connectivity index is 1.66. The molecule has 0 aromatic heterocycles. The summed E-state index contributed by atoms with van der Waals surface area (Å²) in [6.45, 7) is 2.24. The Morgan fingerprint density at radius 3 is 2.21 bits per heavy atom. The summed E-state index contributed by atoms with van der Waals surface area (Å²) in [5, 5.41) is 0. The lowest BCUT2D eigenvalue weighted by Crippen LogP contribution is -2.14. The van der Waals surface area contributed by atoms with E-state index in [1.807, 2.05) is 0 Å². The van der Waals surface area contributed by atoms with E-state index in [2.05, 4.69) is 31.2 Å². The molecule has 19 heavy (non-hydrogen) atoms. The first-order valence-corrected chi connectivity index (χ1v) is 7.90. The molecule has 1 aromatic rings. The Labute approximate surface area is 117 Å². The maximum absolute atomic E-state index is 12.2. The summed E-state index contributed by atoms with van der Waals surface area (Å²) < 4.78 is 0. The Morgan fingerprint density at radius 1 is 1.00 bits per heavy atom. The van der Waals surface area contributed by atoms with Gasteiger partial charge in [0.1, 0.15) is 5.78 Å². The van der Waals surface area contributed by atoms with E-state index in [4.69, 9.17) is 0 Å². The van der Waals surface area contributed by atoms with Crippen LogP contribution in [-0.2, 0) is 17.6 Å². The third kappa shape index (κ3) is 4.19. The highest BCUT2D eigenvalue weighted by atomic mass is 16.1. The fraction of sp³-hybridized carbons (Fsp3) is 0.611. The van der Waals surface area contributed by atoms with Gasteiger partial charge >= 0.3 is 0 Å². The van der Waals surface area contributed by atoms with Crippen LogP contribution >= 0.6 is 0 Å². The zero-order valence-electron chi connectivity index (χ0n) is 12.2. The van der Waals surface area contributed by atoms with Crippen molar-refractivity contribution in [3.63, 3.8) is 0 Å². The van der Waals surface area contributed by atoms with Gasteiger partial charge in [0.25, 0.3) is 0 Å². The van der Waals surface area contributed by atoms with Gasteiger partial charge in [0, 0.05) is 12.3 Å². The molecule has 0 fully saturated rings. The number of carbonyl (C=O) groups is 1. The van der Waals surface area contributed by atoms with Gasteiger partial charge in [0.05, 0.1) is 0 Å². The van der Waals surface area contributed by atoms with Crippen LogP contribution in [0.25, 0.3) is 0 Å². The number of benzene rings is 1. The second-order valence-corrected chi connectivity index (χ2v) is 5.86. The number of ketones is 1. The number of carbonyl (C=O) groups excluding carboxylic acids is 1. The van der Waals surface area contributed by atoms with Crippen molar-refractivity contribution in [3.8, 4) is 0 Å². The van der Waals surface area contributed by atoms with Crippen LogP contribution < -0.4 is 0 Å². The van der Waals surface area contributed by atoms with Crippen molar-refractivity contribution in [1.82, 2.24) is 0 Å². The van der Waals surface area contributed by atoms with Gasteiger partial charge in [-0.15, -0.1) is 0 Å². The van der Waals surface area contributed by atoms with Gasteiger partial charge in [-0.1, -0.05) is 63.3 Å². The van der Waals surface area contributed by atoms with E-state index < -0.39 is 0 Å². The minimum atomic E-state index is 0.271. The average Bonchev–Trinajstić information content (AvgIpc) is 2.86. The van der Waals surface area contributed by atoms with Gasteiger partial charge in [-0.2, -0.15) is 0 Å². The topological polar surface area (TPSA) is 17.1 Å². The number of fused-ring (bicyclic) bond motifs is 1. The Bertz CT molecular complexity index is 383. The van der Waals surface area contributed by atoms with E-state index in [9.17, 15) is 4.79 Å². The first kappa shape index (κ1) is 14.3. The maximum Gasteiger partial charge on any atom is 0.136 e. The van der Waals surface area contributed by atoms with Crippen LogP contribution in [0.5, 0.6) is 0 Å². The molecule has 0 atom stereocenters. The lowest BCUT2D eigenvalue weighted by atomic mass is 9.96. The Hall–Kier alpha value is -1.11. The van der Waals surface area contributed by atoms with Crippen LogP contribution in [0.15, 0.2) is 24.3 Å². The summed E-state index contributed by atoms with van der Waals surface area (Å²) in [5.41, 5.74) is 2.78. The molecular weight excluding hydrogens is 232 g/mol. The minimum absolute atomic E-state index is 0.271. The van der Waals surface area contributed by atoms with E-state index in [0.717, 1.165) is 25.7 Å². The molecule has 1 nitrogen and oxygen atoms in total. The summed E-state index contributed by atoms with van der Waals surface area (Å²) >= 11 is 0. The molecule has 0 N–H and O–H groups in total. The molecule has 0 spiro atoms. The van der Waals surface area contributed by atoms with Crippen LogP contribution in [-0.4, -0.2) is 5.78 Å². The molecule has 1 aliphatic carbocycles. The highest BCUT2D eigenvalue weighted by Gasteiger charge is 2.26. The largest absolute Gasteiger partial charge is 0.299 e. The molecule has 1 heteroatoms. The highest BCUT2D eigenvalue weighted by Crippen LogP contribution is 2.28. The number of unbranched alkanes of at least 4 members (excludes halogenated alkanes) is 5. The van der Waals surface area contributed by atoms with Crippen molar-refractivity contribution in [1.29, 1.82) is 0 Å². The first-order chi connectivity index (χ1) is 9.31. The van der Waals surface area contributed by atoms with E-state index >= 15 is 0 Å². The molecule has 0 amide bonds. The van der Waals surface area contributed by atoms with Crippen LogP contribution in [0.3, 0.4) is 0 Å². The fourth-order valence-corrected chi connectivity index (χ4v) is 3.07. The molecule has 0 bridgehead atoms. The zero-order chi connectivity index (χ0) is 13.5. The molecule has 0 unspecified atom stereocenters. The third-order valence-electron chi connectivity index (χ3n) is 4.28. The standard InChI is InChI=1S/C18H26O/c1-2-3-4-5-6-7-12-18(19)17-13-15-10-8-9-11-16(15)14-17/h8-11,17H,2-7,12-14H2,1H3. The molecule has 1 aliphatic rings. The number of Topliss-reactive ketones (excluding diaryl/α,β-unsaturated/α-hetero) is 1. The monoisotopic (exact) mass is 258 g/mol. The zero-order valence-corrected chi connectivity index (χ0v) is 12.2. The van der Waals surface area contributed by atoms with E-state index in [1.165, 1.54) is 43.2 Å². The summed E-state index contributed by atoms with van der Waals surface area (Å²) in [7, 11) is 0. The summed E-state index contributed by atoms with van der Waals surface area (Å²) in [4.78, 5) is 12.2. The Kier molecular flexibility index (Phi) is 5.62. The van der Waals surface area contributed by atoms with Crippen molar-refractivity contribution in [3.05, 3.63) is 35.4 Å². The minimum Gasteiger partial charge on any atom is -0.299 e. The lowest BCUT2D eigenvalue weighted by molar-refractivity contribution is -0.122. The summed E-state index contributed by atoms with van der Waals surface area (Å²) in [6, 6.07) is 8.51. The molecule has 0 aliphatic heterocycles. The third-order valence-corrected chi connectivity index (χ3v) is 4.28. The number of hydrogen-bond acceptors (Lipinski definition) is 1. The molecule has 0 saturated carbocycles. The first-order valence-electron chi connectivity index (χ1n) is 7.90. The van der Waals surface area contributed by atoms with E-state index in [1.54, 1.807) is 0 Å². The van der Waals surface area contributed by atoms with Crippen molar-refractivity contribution < 1.29 is 4.79 Å². The lowest BCUT2D eigenvalue weighted by Gasteiger charge is -2.07. The van der Waals surface area contributed by atoms with Crippen molar-refractivity contribution in [2.45, 2.75) is 64.7 Å². The van der Waals surface area contributed by atoms with Gasteiger partial charge in [0.15, 0.2) is 0 Å². The van der Waals surface area contributed by atoms with Crippen molar-refractivity contribution in [2.75, 3.05) is 0 Å². The van der Waals surface area contributed by atoms with Crippen LogP contribution in [0, 0.1) is 5.92 Å². The molecular formula is C18H26O. The molecule has 2 rings (SSSR count). The number of hydrogen-bond donors (Lipinski definition) is 0. The highest BCUT2D eigenvalue weighted by molar-refractivity contribution is 5.82. The quantitative estimate of drug-likeness (QED) is 0.617. The van der Waals surface area contributed by atoms with Crippen LogP contribution in [0.4, 0.5) is 0 Å². The second kappa shape index (κ2) is 7.47. The van der Waals surface area contributed by atoms with Crippen LogP contribution in [0.2, 0.25) is 0 Å². The van der Waals surface area contributed by atoms with E-state index in [0.29, 0.717) is 5.78 Å². The maximum atomic E-state index is 12.2. The molecule has 1 aromatic carbocycles. The second-order valence-electron chi connectivity index (χ2n) is 5.86. The van der Waals surface area contributed by atoms with E-state index in [-0.39, 0.29) is 5.92 Å². The van der Waals surface area contributed by atoms with Gasteiger partial charge in [-0.25, -0.2) is 0 Å². The normalized spacial score (nSPS) is 14.6. The van der Waals surface area contributed by atoms with Crippen molar-refractivity contribution >= 4 is 5.78 Å². The average molecular weight is 258 g/mol. The number of rotatable bonds is 8. The SMILES string of the molecule is CCCCCCCCC(=O)C1Cc2ccccc2C1. The van der Waals surface area contributed by atoms with Gasteiger partial charge in [-0.05, 0) is 30.4 Å². The predicted octanol–water partition coefficient (Wildman–Crippen LogP) is 4.72. The van der Waals surface area contributed by atoms with Gasteiger partial charge in [0.2, 0.25) is 0 Å².